The Kier molecular flexibility index (Phi) is 3.47. The maximum atomic E-state index is 11.3. The van der Waals surface area contributed by atoms with E-state index < -0.39 is 0 Å². The number of ether oxygens (including phenoxy) is 1. The van der Waals surface area contributed by atoms with Gasteiger partial charge in [0.05, 0.1) is 12.7 Å². The molecular formula is C9H7N3O2S2. The molecule has 0 atom stereocenters. The summed E-state index contributed by atoms with van der Waals surface area (Å²) >= 11 is 2.65. The van der Waals surface area contributed by atoms with Crippen molar-refractivity contribution >= 4 is 29.3 Å². The van der Waals surface area contributed by atoms with Gasteiger partial charge in [-0.2, -0.15) is 4.37 Å². The Morgan fingerprint density at radius 1 is 1.50 bits per heavy atom. The zero-order chi connectivity index (χ0) is 11.4. The third-order valence-corrected chi connectivity index (χ3v) is 3.34. The molecule has 0 spiro atoms. The molecular weight excluding hydrogens is 246 g/mol. The molecule has 0 N–H and O–H groups in total. The van der Waals surface area contributed by atoms with E-state index in [0.29, 0.717) is 10.6 Å². The van der Waals surface area contributed by atoms with Gasteiger partial charge in [-0.05, 0) is 35.4 Å². The Morgan fingerprint density at radius 2 is 2.38 bits per heavy atom. The fourth-order valence-electron chi connectivity index (χ4n) is 1.01. The van der Waals surface area contributed by atoms with Crippen LogP contribution in [0.25, 0.3) is 0 Å². The molecule has 0 bridgehead atoms. The molecule has 0 saturated heterocycles. The van der Waals surface area contributed by atoms with Crippen molar-refractivity contribution in [3.05, 3.63) is 30.2 Å². The van der Waals surface area contributed by atoms with Gasteiger partial charge >= 0.3 is 5.97 Å². The second kappa shape index (κ2) is 5.04. The van der Waals surface area contributed by atoms with Crippen molar-refractivity contribution in [3.63, 3.8) is 0 Å². The van der Waals surface area contributed by atoms with E-state index in [1.165, 1.54) is 36.7 Å². The van der Waals surface area contributed by atoms with Crippen LogP contribution < -0.4 is 0 Å². The minimum absolute atomic E-state index is 0.374. The van der Waals surface area contributed by atoms with Gasteiger partial charge in [-0.3, -0.25) is 0 Å². The minimum Gasteiger partial charge on any atom is -0.465 e. The average molecular weight is 253 g/mol. The van der Waals surface area contributed by atoms with Gasteiger partial charge in [-0.25, -0.2) is 14.8 Å². The lowest BCUT2D eigenvalue weighted by atomic mass is 10.3. The third-order valence-electron chi connectivity index (χ3n) is 1.69. The zero-order valence-corrected chi connectivity index (χ0v) is 9.92. The van der Waals surface area contributed by atoms with Crippen LogP contribution in [0.1, 0.15) is 10.4 Å². The molecule has 0 amide bonds. The zero-order valence-electron chi connectivity index (χ0n) is 8.28. The van der Waals surface area contributed by atoms with Crippen LogP contribution in [0.3, 0.4) is 0 Å². The van der Waals surface area contributed by atoms with Gasteiger partial charge in [0.1, 0.15) is 11.4 Å². The molecule has 2 aromatic heterocycles. The number of methoxy groups -OCH3 is 1. The van der Waals surface area contributed by atoms with Crippen molar-refractivity contribution in [2.24, 2.45) is 0 Å². The van der Waals surface area contributed by atoms with Gasteiger partial charge in [0.15, 0.2) is 4.34 Å². The number of nitrogens with zero attached hydrogens (tertiary/aromatic N) is 3. The largest absolute Gasteiger partial charge is 0.465 e. The van der Waals surface area contributed by atoms with Crippen LogP contribution in [0.5, 0.6) is 0 Å². The summed E-state index contributed by atoms with van der Waals surface area (Å²) in [5.41, 5.74) is 0.476. The van der Waals surface area contributed by atoms with Crippen LogP contribution in [0.4, 0.5) is 0 Å². The number of esters is 1. The fourth-order valence-corrected chi connectivity index (χ4v) is 2.40. The summed E-state index contributed by atoms with van der Waals surface area (Å²) in [6.07, 6.45) is 3.05. The Bertz CT molecular complexity index is 487. The highest BCUT2D eigenvalue weighted by molar-refractivity contribution is 8.00. The molecule has 0 fully saturated rings. The molecule has 2 aromatic rings. The summed E-state index contributed by atoms with van der Waals surface area (Å²) in [5, 5.41) is 0.694. The van der Waals surface area contributed by atoms with E-state index >= 15 is 0 Å². The van der Waals surface area contributed by atoms with E-state index in [-0.39, 0.29) is 5.97 Å². The summed E-state index contributed by atoms with van der Waals surface area (Å²) < 4.78 is 9.29. The van der Waals surface area contributed by atoms with E-state index in [2.05, 4.69) is 19.1 Å². The lowest BCUT2D eigenvalue weighted by Crippen LogP contribution is -2.01. The number of aromatic nitrogens is 3. The first-order valence-electron chi connectivity index (χ1n) is 4.28. The van der Waals surface area contributed by atoms with E-state index in [9.17, 15) is 4.79 Å². The monoisotopic (exact) mass is 253 g/mol. The molecule has 16 heavy (non-hydrogen) atoms. The maximum Gasteiger partial charge on any atom is 0.337 e. The number of hydrogen-bond donors (Lipinski definition) is 0. The smallest absolute Gasteiger partial charge is 0.337 e. The lowest BCUT2D eigenvalue weighted by Gasteiger charge is -2.00. The fraction of sp³-hybridized carbons (Fsp3) is 0.111. The van der Waals surface area contributed by atoms with E-state index in [1.54, 1.807) is 18.3 Å². The van der Waals surface area contributed by atoms with Crippen molar-refractivity contribution in [1.29, 1.82) is 0 Å². The van der Waals surface area contributed by atoms with Crippen molar-refractivity contribution in [1.82, 2.24) is 14.3 Å². The van der Waals surface area contributed by atoms with E-state index in [4.69, 9.17) is 0 Å². The van der Waals surface area contributed by atoms with Gasteiger partial charge in [-0.1, -0.05) is 0 Å². The molecule has 2 rings (SSSR count). The molecule has 0 radical (unpaired) electrons. The van der Waals surface area contributed by atoms with Crippen LogP contribution in [0, 0.1) is 0 Å². The van der Waals surface area contributed by atoms with Crippen LogP contribution >= 0.6 is 23.3 Å². The molecule has 0 aliphatic heterocycles. The van der Waals surface area contributed by atoms with Crippen molar-refractivity contribution in [2.45, 2.75) is 9.37 Å². The summed E-state index contributed by atoms with van der Waals surface area (Å²) in [5.74, 6) is -0.374. The van der Waals surface area contributed by atoms with Crippen molar-refractivity contribution in [3.8, 4) is 0 Å². The van der Waals surface area contributed by atoms with Crippen molar-refractivity contribution < 1.29 is 9.53 Å². The first kappa shape index (κ1) is 11.0. The number of pyridine rings is 1. The SMILES string of the molecule is COC(=O)c1ccnc(Sc2ncns2)c1. The second-order valence-electron chi connectivity index (χ2n) is 2.68. The number of carbonyl (C=O) groups is 1. The first-order valence-corrected chi connectivity index (χ1v) is 5.87. The normalized spacial score (nSPS) is 10.1. The molecule has 7 heteroatoms. The summed E-state index contributed by atoms with van der Waals surface area (Å²) in [6, 6.07) is 3.27. The van der Waals surface area contributed by atoms with Gasteiger partial charge < -0.3 is 4.74 Å². The highest BCUT2D eigenvalue weighted by Crippen LogP contribution is 2.26. The molecule has 82 valence electrons. The Morgan fingerprint density at radius 3 is 3.06 bits per heavy atom. The highest BCUT2D eigenvalue weighted by Gasteiger charge is 2.08. The average Bonchev–Trinajstić information content (AvgIpc) is 2.81. The Labute approximate surface area is 100 Å². The van der Waals surface area contributed by atoms with E-state index in [0.717, 1.165) is 4.34 Å². The van der Waals surface area contributed by atoms with Gasteiger partial charge in [0, 0.05) is 6.20 Å². The highest BCUT2D eigenvalue weighted by atomic mass is 32.2. The standard InChI is InChI=1S/C9H7N3O2S2/c1-14-8(13)6-2-3-10-7(4-6)15-9-11-5-12-16-9/h2-5H,1H3. The first-order chi connectivity index (χ1) is 7.79. The molecule has 5 nitrogen and oxygen atoms in total. The number of hydrogen-bond acceptors (Lipinski definition) is 7. The topological polar surface area (TPSA) is 65.0 Å². The number of rotatable bonds is 3. The molecule has 2 heterocycles. The van der Waals surface area contributed by atoms with Crippen molar-refractivity contribution in [2.75, 3.05) is 7.11 Å². The van der Waals surface area contributed by atoms with Crippen LogP contribution in [0.15, 0.2) is 34.0 Å². The summed E-state index contributed by atoms with van der Waals surface area (Å²) in [6.45, 7) is 0. The minimum atomic E-state index is -0.374. The second-order valence-corrected chi connectivity index (χ2v) is 4.73. The van der Waals surface area contributed by atoms with Crippen LogP contribution in [-0.4, -0.2) is 27.4 Å². The van der Waals surface area contributed by atoms with E-state index in [1.807, 2.05) is 0 Å². The number of carbonyl (C=O) groups excluding carboxylic acids is 1. The molecule has 0 unspecified atom stereocenters. The van der Waals surface area contributed by atoms with Gasteiger partial charge in [0.25, 0.3) is 0 Å². The molecule has 0 aromatic carbocycles. The molecule has 0 aliphatic rings. The predicted octanol–water partition coefficient (Wildman–Crippen LogP) is 1.87. The van der Waals surface area contributed by atoms with Gasteiger partial charge in [0.2, 0.25) is 0 Å². The van der Waals surface area contributed by atoms with Crippen LogP contribution in [-0.2, 0) is 4.74 Å². The quantitative estimate of drug-likeness (QED) is 0.778. The predicted molar refractivity (Wildman–Crippen MR) is 59.6 cm³/mol. The Hall–Kier alpha value is -1.47. The summed E-state index contributed by atoms with van der Waals surface area (Å²) in [7, 11) is 1.35. The lowest BCUT2D eigenvalue weighted by molar-refractivity contribution is 0.0600. The maximum absolute atomic E-state index is 11.3. The molecule has 0 aliphatic carbocycles. The Balaban J connectivity index is 2.19. The summed E-state index contributed by atoms with van der Waals surface area (Å²) in [4.78, 5) is 19.4. The molecule has 0 saturated carbocycles. The van der Waals surface area contributed by atoms with Gasteiger partial charge in [-0.15, -0.1) is 0 Å². The third kappa shape index (κ3) is 2.56. The van der Waals surface area contributed by atoms with Crippen LogP contribution in [0.2, 0.25) is 0 Å².